The summed E-state index contributed by atoms with van der Waals surface area (Å²) in [6, 6.07) is 57.2. The fourth-order valence-electron chi connectivity index (χ4n) is 8.10. The summed E-state index contributed by atoms with van der Waals surface area (Å²) < 4.78 is 6.84. The third-order valence-corrected chi connectivity index (χ3v) is 10.2. The van der Waals surface area contributed by atoms with E-state index >= 15 is 0 Å². The van der Waals surface area contributed by atoms with Gasteiger partial charge in [-0.15, -0.1) is 0 Å². The highest BCUT2D eigenvalue weighted by Crippen LogP contribution is 2.43. The molecule has 2 aliphatic rings. The SMILES string of the molecule is c1ccc(-c2cc(-c3ccccc3)cc(-c3cccc4c3oc3cccc(C5=c6cccc7c6=C(CC5)c5ccccc5-7)c34)c2)cc1. The predicted molar refractivity (Wildman–Crippen MR) is 195 cm³/mol. The highest BCUT2D eigenvalue weighted by molar-refractivity contribution is 6.14. The summed E-state index contributed by atoms with van der Waals surface area (Å²) in [5.41, 5.74) is 17.2. The third-order valence-electron chi connectivity index (χ3n) is 10.2. The maximum Gasteiger partial charge on any atom is 0.143 e. The summed E-state index contributed by atoms with van der Waals surface area (Å²) >= 11 is 0. The van der Waals surface area contributed by atoms with Gasteiger partial charge in [0.2, 0.25) is 0 Å². The van der Waals surface area contributed by atoms with Gasteiger partial charge in [0, 0.05) is 16.3 Å². The molecular formula is C46H30O. The van der Waals surface area contributed by atoms with Crippen molar-refractivity contribution in [2.24, 2.45) is 0 Å². The topological polar surface area (TPSA) is 13.1 Å². The third kappa shape index (κ3) is 4.03. The van der Waals surface area contributed by atoms with Gasteiger partial charge in [-0.05, 0) is 109 Å². The monoisotopic (exact) mass is 598 g/mol. The van der Waals surface area contributed by atoms with Crippen LogP contribution in [-0.2, 0) is 0 Å². The average molecular weight is 599 g/mol. The quantitative estimate of drug-likeness (QED) is 0.196. The minimum atomic E-state index is 0.936. The van der Waals surface area contributed by atoms with Crippen molar-refractivity contribution in [1.82, 2.24) is 0 Å². The lowest BCUT2D eigenvalue weighted by Crippen LogP contribution is -2.32. The maximum absolute atomic E-state index is 6.84. The van der Waals surface area contributed by atoms with Crippen LogP contribution < -0.4 is 10.4 Å². The molecule has 220 valence electrons. The Bertz CT molecular complexity index is 2600. The van der Waals surface area contributed by atoms with Gasteiger partial charge < -0.3 is 4.42 Å². The molecule has 8 aromatic rings. The molecule has 1 nitrogen and oxygen atoms in total. The molecule has 0 saturated heterocycles. The van der Waals surface area contributed by atoms with Crippen LogP contribution in [0.1, 0.15) is 24.0 Å². The molecule has 0 amide bonds. The largest absolute Gasteiger partial charge is 0.455 e. The van der Waals surface area contributed by atoms with Crippen LogP contribution >= 0.6 is 0 Å². The first-order chi connectivity index (χ1) is 23.3. The number of para-hydroxylation sites is 1. The summed E-state index contributed by atoms with van der Waals surface area (Å²) in [5, 5.41) is 5.16. The average Bonchev–Trinajstić information content (AvgIpc) is 3.69. The summed E-state index contributed by atoms with van der Waals surface area (Å²) in [5.74, 6) is 0. The molecule has 47 heavy (non-hydrogen) atoms. The first-order valence-corrected chi connectivity index (χ1v) is 16.5. The van der Waals surface area contributed by atoms with E-state index in [1.54, 1.807) is 0 Å². The molecule has 10 rings (SSSR count). The van der Waals surface area contributed by atoms with Crippen LogP contribution in [0.2, 0.25) is 0 Å². The van der Waals surface area contributed by atoms with Crippen LogP contribution in [0.4, 0.5) is 0 Å². The van der Waals surface area contributed by atoms with E-state index in [-0.39, 0.29) is 0 Å². The van der Waals surface area contributed by atoms with Crippen molar-refractivity contribution in [3.05, 3.63) is 179 Å². The molecule has 2 aliphatic carbocycles. The van der Waals surface area contributed by atoms with E-state index in [1.165, 1.54) is 71.5 Å². The van der Waals surface area contributed by atoms with Crippen molar-refractivity contribution < 1.29 is 4.42 Å². The van der Waals surface area contributed by atoms with Crippen molar-refractivity contribution in [2.75, 3.05) is 0 Å². The number of fused-ring (bicyclic) bond motifs is 6. The van der Waals surface area contributed by atoms with Crippen LogP contribution in [0.5, 0.6) is 0 Å². The van der Waals surface area contributed by atoms with Gasteiger partial charge in [-0.2, -0.15) is 0 Å². The Morgan fingerprint density at radius 1 is 0.383 bits per heavy atom. The number of benzene rings is 7. The lowest BCUT2D eigenvalue weighted by molar-refractivity contribution is 0.670. The molecule has 0 fully saturated rings. The van der Waals surface area contributed by atoms with E-state index in [0.717, 1.165) is 40.5 Å². The zero-order valence-corrected chi connectivity index (χ0v) is 25.8. The second kappa shape index (κ2) is 10.3. The molecule has 0 N–H and O–H groups in total. The zero-order chi connectivity index (χ0) is 30.9. The fourth-order valence-corrected chi connectivity index (χ4v) is 8.10. The van der Waals surface area contributed by atoms with Gasteiger partial charge in [-0.25, -0.2) is 0 Å². The highest BCUT2D eigenvalue weighted by Gasteiger charge is 2.25. The molecule has 0 unspecified atom stereocenters. The lowest BCUT2D eigenvalue weighted by atomic mass is 9.87. The van der Waals surface area contributed by atoms with Gasteiger partial charge in [0.1, 0.15) is 11.2 Å². The molecule has 0 saturated carbocycles. The first-order valence-electron chi connectivity index (χ1n) is 16.5. The molecule has 0 spiro atoms. The van der Waals surface area contributed by atoms with Crippen LogP contribution in [0, 0.1) is 0 Å². The van der Waals surface area contributed by atoms with Gasteiger partial charge in [0.25, 0.3) is 0 Å². The van der Waals surface area contributed by atoms with E-state index in [2.05, 4.69) is 158 Å². The molecule has 7 aromatic carbocycles. The van der Waals surface area contributed by atoms with E-state index in [9.17, 15) is 0 Å². The number of furan rings is 1. The van der Waals surface area contributed by atoms with E-state index < -0.39 is 0 Å². The first kappa shape index (κ1) is 26.3. The Hall–Kier alpha value is -5.92. The van der Waals surface area contributed by atoms with Gasteiger partial charge in [-0.1, -0.05) is 133 Å². The van der Waals surface area contributed by atoms with Gasteiger partial charge in [0.05, 0.1) is 0 Å². The van der Waals surface area contributed by atoms with E-state index in [0.29, 0.717) is 0 Å². The van der Waals surface area contributed by atoms with Crippen LogP contribution in [0.25, 0.3) is 77.6 Å². The molecule has 0 bridgehead atoms. The molecule has 0 radical (unpaired) electrons. The maximum atomic E-state index is 6.84. The standard InChI is InChI=1S/C46H30O/c1-3-12-29(13-4-1)31-26-32(30-14-5-2-6-15-30)28-33(27-31)34-18-9-22-42-45-40(21-11-23-43(45)47-46(34)42)37-24-25-41-36-17-8-7-16-35(36)38-19-10-20-39(37)44(38)41/h1-23,26-28H,24-25H2. The van der Waals surface area contributed by atoms with Crippen molar-refractivity contribution >= 4 is 33.1 Å². The molecular weight excluding hydrogens is 569 g/mol. The van der Waals surface area contributed by atoms with Crippen molar-refractivity contribution in [2.45, 2.75) is 12.8 Å². The smallest absolute Gasteiger partial charge is 0.143 e. The van der Waals surface area contributed by atoms with Crippen LogP contribution in [0.3, 0.4) is 0 Å². The number of rotatable bonds is 4. The molecule has 0 aliphatic heterocycles. The number of hydrogen-bond acceptors (Lipinski definition) is 1. The fraction of sp³-hybridized carbons (Fsp3) is 0.0435. The molecule has 1 heteroatoms. The molecule has 0 atom stereocenters. The summed E-state index contributed by atoms with van der Waals surface area (Å²) in [7, 11) is 0. The Morgan fingerprint density at radius 3 is 1.72 bits per heavy atom. The Balaban J connectivity index is 1.22. The predicted octanol–water partition coefficient (Wildman–Crippen LogP) is 10.8. The van der Waals surface area contributed by atoms with Crippen molar-refractivity contribution in [1.29, 1.82) is 0 Å². The van der Waals surface area contributed by atoms with Crippen molar-refractivity contribution in [3.8, 4) is 44.5 Å². The van der Waals surface area contributed by atoms with E-state index in [4.69, 9.17) is 4.42 Å². The van der Waals surface area contributed by atoms with Gasteiger partial charge in [-0.3, -0.25) is 0 Å². The van der Waals surface area contributed by atoms with Crippen molar-refractivity contribution in [3.63, 3.8) is 0 Å². The number of hydrogen-bond donors (Lipinski definition) is 0. The summed E-state index contributed by atoms with van der Waals surface area (Å²) in [4.78, 5) is 0. The molecule has 1 aromatic heterocycles. The van der Waals surface area contributed by atoms with Gasteiger partial charge >= 0.3 is 0 Å². The van der Waals surface area contributed by atoms with E-state index in [1.807, 2.05) is 0 Å². The Kier molecular flexibility index (Phi) is 5.77. The zero-order valence-electron chi connectivity index (χ0n) is 25.8. The summed E-state index contributed by atoms with van der Waals surface area (Å²) in [6.07, 6.45) is 2.05. The van der Waals surface area contributed by atoms with Crippen LogP contribution in [0.15, 0.2) is 162 Å². The minimum Gasteiger partial charge on any atom is -0.455 e. The second-order valence-corrected chi connectivity index (χ2v) is 12.7. The lowest BCUT2D eigenvalue weighted by Gasteiger charge is -2.16. The minimum absolute atomic E-state index is 0.936. The summed E-state index contributed by atoms with van der Waals surface area (Å²) in [6.45, 7) is 0. The highest BCUT2D eigenvalue weighted by atomic mass is 16.3. The van der Waals surface area contributed by atoms with Gasteiger partial charge in [0.15, 0.2) is 0 Å². The normalized spacial score (nSPS) is 13.3. The molecule has 1 heterocycles. The second-order valence-electron chi connectivity index (χ2n) is 12.7. The Labute approximate surface area is 273 Å². The van der Waals surface area contributed by atoms with Crippen LogP contribution in [-0.4, -0.2) is 0 Å². The Morgan fingerprint density at radius 2 is 0.957 bits per heavy atom.